The number of benzene rings is 1. The highest BCUT2D eigenvalue weighted by molar-refractivity contribution is 5.40. The van der Waals surface area contributed by atoms with E-state index in [4.69, 9.17) is 9.84 Å². The molecule has 0 aliphatic carbocycles. The molecule has 0 unspecified atom stereocenters. The summed E-state index contributed by atoms with van der Waals surface area (Å²) in [6.07, 6.45) is 0. The molecule has 0 amide bonds. The van der Waals surface area contributed by atoms with Crippen LogP contribution in [0.25, 0.3) is 0 Å². The summed E-state index contributed by atoms with van der Waals surface area (Å²) in [6.45, 7) is -0.281. The summed E-state index contributed by atoms with van der Waals surface area (Å²) in [5.74, 6) is 4.98. The third-order valence-electron chi connectivity index (χ3n) is 1.48. The molecule has 0 radical (unpaired) electrons. The zero-order valence-corrected chi connectivity index (χ0v) is 7.17. The molecule has 0 aromatic heterocycles. The van der Waals surface area contributed by atoms with E-state index in [0.29, 0.717) is 5.75 Å². The first kappa shape index (κ1) is 9.56. The van der Waals surface area contributed by atoms with Gasteiger partial charge in [0.25, 0.3) is 0 Å². The molecular weight excluding hydrogens is 171 g/mol. The fourth-order valence-corrected chi connectivity index (χ4v) is 0.862. The Morgan fingerprint density at radius 1 is 1.54 bits per heavy atom. The van der Waals surface area contributed by atoms with Crippen molar-refractivity contribution in [2.75, 3.05) is 13.7 Å². The lowest BCUT2D eigenvalue weighted by molar-refractivity contribution is 0.350. The molecule has 1 N–H and O–H groups in total. The topological polar surface area (TPSA) is 29.5 Å². The average Bonchev–Trinajstić information content (AvgIpc) is 2.17. The molecule has 1 aromatic rings. The standard InChI is InChI=1S/C10H9FO2/c1-13-9-4-5-10(11)8(7-9)3-2-6-12/h4-5,7,12H,6H2,1H3. The average molecular weight is 180 g/mol. The van der Waals surface area contributed by atoms with Gasteiger partial charge in [-0.2, -0.15) is 0 Å². The van der Waals surface area contributed by atoms with Crippen LogP contribution in [0.15, 0.2) is 18.2 Å². The number of aliphatic hydroxyl groups is 1. The SMILES string of the molecule is COc1ccc(F)c(C#CCO)c1. The Morgan fingerprint density at radius 3 is 2.92 bits per heavy atom. The third-order valence-corrected chi connectivity index (χ3v) is 1.48. The number of hydrogen-bond acceptors (Lipinski definition) is 2. The molecule has 0 fully saturated rings. The summed E-state index contributed by atoms with van der Waals surface area (Å²) in [6, 6.07) is 4.28. The van der Waals surface area contributed by atoms with Gasteiger partial charge in [0, 0.05) is 0 Å². The van der Waals surface area contributed by atoms with Crippen LogP contribution in [0.2, 0.25) is 0 Å². The summed E-state index contributed by atoms with van der Waals surface area (Å²) in [5, 5.41) is 8.42. The van der Waals surface area contributed by atoms with Crippen molar-refractivity contribution in [1.82, 2.24) is 0 Å². The van der Waals surface area contributed by atoms with E-state index in [-0.39, 0.29) is 12.2 Å². The van der Waals surface area contributed by atoms with Crippen molar-refractivity contribution < 1.29 is 14.2 Å². The second-order valence-corrected chi connectivity index (χ2v) is 2.31. The lowest BCUT2D eigenvalue weighted by Crippen LogP contribution is -1.88. The van der Waals surface area contributed by atoms with Crippen molar-refractivity contribution in [2.45, 2.75) is 0 Å². The highest BCUT2D eigenvalue weighted by Crippen LogP contribution is 2.15. The molecule has 13 heavy (non-hydrogen) atoms. The minimum Gasteiger partial charge on any atom is -0.497 e. The van der Waals surface area contributed by atoms with Crippen LogP contribution in [0, 0.1) is 17.7 Å². The highest BCUT2D eigenvalue weighted by Gasteiger charge is 1.99. The van der Waals surface area contributed by atoms with E-state index in [0.717, 1.165) is 0 Å². The monoisotopic (exact) mass is 180 g/mol. The maximum absolute atomic E-state index is 13.0. The fraction of sp³-hybridized carbons (Fsp3) is 0.200. The van der Waals surface area contributed by atoms with E-state index in [2.05, 4.69) is 11.8 Å². The molecule has 0 atom stereocenters. The van der Waals surface area contributed by atoms with Crippen LogP contribution in [0.5, 0.6) is 5.75 Å². The van der Waals surface area contributed by atoms with Gasteiger partial charge in [-0.25, -0.2) is 4.39 Å². The molecule has 1 aromatic carbocycles. The summed E-state index contributed by atoms with van der Waals surface area (Å²) < 4.78 is 17.9. The summed E-state index contributed by atoms with van der Waals surface area (Å²) >= 11 is 0. The molecule has 68 valence electrons. The predicted molar refractivity (Wildman–Crippen MR) is 46.9 cm³/mol. The quantitative estimate of drug-likeness (QED) is 0.657. The normalized spacial score (nSPS) is 8.85. The summed E-state index contributed by atoms with van der Waals surface area (Å²) in [7, 11) is 1.50. The lowest BCUT2D eigenvalue weighted by Gasteiger charge is -1.99. The number of aliphatic hydroxyl groups excluding tert-OH is 1. The molecule has 2 nitrogen and oxygen atoms in total. The first-order valence-electron chi connectivity index (χ1n) is 3.71. The predicted octanol–water partition coefficient (Wildman–Crippen LogP) is 1.18. The first-order chi connectivity index (χ1) is 6.27. The van der Waals surface area contributed by atoms with Crippen LogP contribution in [0.4, 0.5) is 4.39 Å². The van der Waals surface area contributed by atoms with E-state index < -0.39 is 5.82 Å². The van der Waals surface area contributed by atoms with Crippen molar-refractivity contribution in [1.29, 1.82) is 0 Å². The lowest BCUT2D eigenvalue weighted by atomic mass is 10.2. The Morgan fingerprint density at radius 2 is 2.31 bits per heavy atom. The molecule has 3 heteroatoms. The molecule has 0 saturated heterocycles. The Kier molecular flexibility index (Phi) is 3.30. The van der Waals surface area contributed by atoms with Gasteiger partial charge in [0.15, 0.2) is 0 Å². The zero-order valence-electron chi connectivity index (χ0n) is 7.17. The largest absolute Gasteiger partial charge is 0.497 e. The van der Waals surface area contributed by atoms with Gasteiger partial charge in [-0.3, -0.25) is 0 Å². The minimum atomic E-state index is -0.415. The van der Waals surface area contributed by atoms with Crippen molar-refractivity contribution in [3.63, 3.8) is 0 Å². The van der Waals surface area contributed by atoms with Crippen molar-refractivity contribution in [2.24, 2.45) is 0 Å². The maximum Gasteiger partial charge on any atom is 0.139 e. The first-order valence-corrected chi connectivity index (χ1v) is 3.71. The van der Waals surface area contributed by atoms with E-state index in [1.54, 1.807) is 0 Å². The van der Waals surface area contributed by atoms with Gasteiger partial charge in [-0.05, 0) is 18.2 Å². The third kappa shape index (κ3) is 2.46. The van der Waals surface area contributed by atoms with Crippen LogP contribution in [0.1, 0.15) is 5.56 Å². The van der Waals surface area contributed by atoms with E-state index in [1.165, 1.54) is 25.3 Å². The number of rotatable bonds is 1. The number of halogens is 1. The van der Waals surface area contributed by atoms with Crippen molar-refractivity contribution in [3.8, 4) is 17.6 Å². The van der Waals surface area contributed by atoms with E-state index >= 15 is 0 Å². The summed E-state index contributed by atoms with van der Waals surface area (Å²) in [5.41, 5.74) is 0.230. The van der Waals surface area contributed by atoms with Crippen LogP contribution < -0.4 is 4.74 Å². The fourth-order valence-electron chi connectivity index (χ4n) is 0.862. The number of ether oxygens (including phenoxy) is 1. The second-order valence-electron chi connectivity index (χ2n) is 2.31. The molecule has 1 rings (SSSR count). The Balaban J connectivity index is 3.04. The van der Waals surface area contributed by atoms with Gasteiger partial charge in [0.1, 0.15) is 18.2 Å². The van der Waals surface area contributed by atoms with Crippen molar-refractivity contribution in [3.05, 3.63) is 29.6 Å². The zero-order chi connectivity index (χ0) is 9.68. The van der Waals surface area contributed by atoms with Gasteiger partial charge in [0.2, 0.25) is 0 Å². The summed E-state index contributed by atoms with van der Waals surface area (Å²) in [4.78, 5) is 0. The second kappa shape index (κ2) is 4.48. The smallest absolute Gasteiger partial charge is 0.139 e. The molecule has 0 spiro atoms. The van der Waals surface area contributed by atoms with Gasteiger partial charge < -0.3 is 9.84 Å². The van der Waals surface area contributed by atoms with Crippen LogP contribution >= 0.6 is 0 Å². The van der Waals surface area contributed by atoms with E-state index in [9.17, 15) is 4.39 Å². The molecule has 0 bridgehead atoms. The number of hydrogen-bond donors (Lipinski definition) is 1. The van der Waals surface area contributed by atoms with Gasteiger partial charge >= 0.3 is 0 Å². The van der Waals surface area contributed by atoms with Gasteiger partial charge in [-0.15, -0.1) is 0 Å². The molecular formula is C10H9FO2. The van der Waals surface area contributed by atoms with Gasteiger partial charge in [0.05, 0.1) is 12.7 Å². The molecule has 0 heterocycles. The molecule has 0 aliphatic rings. The Labute approximate surface area is 76.0 Å². The molecule has 0 aliphatic heterocycles. The van der Waals surface area contributed by atoms with Crippen LogP contribution in [-0.4, -0.2) is 18.8 Å². The van der Waals surface area contributed by atoms with E-state index in [1.807, 2.05) is 0 Å². The Hall–Kier alpha value is -1.53. The van der Waals surface area contributed by atoms with Crippen LogP contribution in [0.3, 0.4) is 0 Å². The van der Waals surface area contributed by atoms with Crippen molar-refractivity contribution >= 4 is 0 Å². The highest BCUT2D eigenvalue weighted by atomic mass is 19.1. The number of methoxy groups -OCH3 is 1. The Bertz CT molecular complexity index is 350. The molecule has 0 saturated carbocycles. The minimum absolute atomic E-state index is 0.230. The van der Waals surface area contributed by atoms with Crippen LogP contribution in [-0.2, 0) is 0 Å². The van der Waals surface area contributed by atoms with Gasteiger partial charge in [-0.1, -0.05) is 11.8 Å². The maximum atomic E-state index is 13.0.